The van der Waals surface area contributed by atoms with Crippen LogP contribution in [0.2, 0.25) is 18.1 Å². The van der Waals surface area contributed by atoms with Gasteiger partial charge in [-0.2, -0.15) is 0 Å². The van der Waals surface area contributed by atoms with Gasteiger partial charge in [0.05, 0.1) is 12.2 Å². The molecule has 0 unspecified atom stereocenters. The third-order valence-electron chi connectivity index (χ3n) is 4.88. The summed E-state index contributed by atoms with van der Waals surface area (Å²) in [4.78, 5) is 0. The molecule has 0 aromatic carbocycles. The van der Waals surface area contributed by atoms with Gasteiger partial charge in [0.2, 0.25) is 0 Å². The van der Waals surface area contributed by atoms with Gasteiger partial charge in [-0.05, 0) is 32.0 Å². The Balaban J connectivity index is 2.83. The molecule has 4 heteroatoms. The van der Waals surface area contributed by atoms with E-state index >= 15 is 0 Å². The van der Waals surface area contributed by atoms with Crippen molar-refractivity contribution in [3.05, 3.63) is 0 Å². The van der Waals surface area contributed by atoms with E-state index in [0.29, 0.717) is 13.0 Å². The quantitative estimate of drug-likeness (QED) is 0.547. The van der Waals surface area contributed by atoms with E-state index in [-0.39, 0.29) is 22.7 Å². The molecule has 0 aromatic heterocycles. The molecule has 0 spiro atoms. The van der Waals surface area contributed by atoms with Crippen molar-refractivity contribution in [3.8, 4) is 12.3 Å². The summed E-state index contributed by atoms with van der Waals surface area (Å²) < 4.78 is 18.5. The molecule has 22 heavy (non-hydrogen) atoms. The van der Waals surface area contributed by atoms with Crippen LogP contribution in [0, 0.1) is 17.8 Å². The molecule has 0 aromatic rings. The minimum Gasteiger partial charge on any atom is -0.416 e. The molecule has 0 amide bonds. The maximum atomic E-state index is 6.42. The standard InChI is InChI=1S/C18H34O3Si/c1-11-12-14-15(21-18(7,8)20-14)17(5,6)13-19-22(9,10)16(2,3)4/h1,14-15H,12-13H2,2-10H3/t14-,15-/m0/s1. The first kappa shape index (κ1) is 19.7. The van der Waals surface area contributed by atoms with E-state index in [1.54, 1.807) is 0 Å². The van der Waals surface area contributed by atoms with E-state index < -0.39 is 14.1 Å². The lowest BCUT2D eigenvalue weighted by Crippen LogP contribution is -2.47. The highest BCUT2D eigenvalue weighted by molar-refractivity contribution is 6.74. The van der Waals surface area contributed by atoms with Gasteiger partial charge in [0.1, 0.15) is 0 Å². The molecular weight excluding hydrogens is 292 g/mol. The van der Waals surface area contributed by atoms with Gasteiger partial charge >= 0.3 is 0 Å². The summed E-state index contributed by atoms with van der Waals surface area (Å²) in [6.07, 6.45) is 5.94. The van der Waals surface area contributed by atoms with Crippen LogP contribution >= 0.6 is 0 Å². The van der Waals surface area contributed by atoms with Crippen LogP contribution in [0.5, 0.6) is 0 Å². The van der Waals surface area contributed by atoms with Crippen molar-refractivity contribution in [3.63, 3.8) is 0 Å². The number of terminal acetylenes is 1. The molecule has 1 aliphatic heterocycles. The number of ether oxygens (including phenoxy) is 2. The predicted molar refractivity (Wildman–Crippen MR) is 94.2 cm³/mol. The highest BCUT2D eigenvalue weighted by Crippen LogP contribution is 2.42. The van der Waals surface area contributed by atoms with Crippen LogP contribution in [-0.2, 0) is 13.9 Å². The number of rotatable bonds is 5. The Morgan fingerprint density at radius 3 is 2.14 bits per heavy atom. The molecule has 128 valence electrons. The summed E-state index contributed by atoms with van der Waals surface area (Å²) in [5.74, 6) is 2.13. The lowest BCUT2D eigenvalue weighted by molar-refractivity contribution is -0.157. The van der Waals surface area contributed by atoms with Crippen LogP contribution in [0.1, 0.15) is 54.9 Å². The van der Waals surface area contributed by atoms with Crippen LogP contribution < -0.4 is 0 Å². The first-order valence-electron chi connectivity index (χ1n) is 8.15. The summed E-state index contributed by atoms with van der Waals surface area (Å²) in [6, 6.07) is 0. The summed E-state index contributed by atoms with van der Waals surface area (Å²) in [7, 11) is -1.78. The van der Waals surface area contributed by atoms with Crippen molar-refractivity contribution in [2.24, 2.45) is 5.41 Å². The van der Waals surface area contributed by atoms with Gasteiger partial charge in [0.15, 0.2) is 14.1 Å². The molecule has 0 aliphatic carbocycles. The van der Waals surface area contributed by atoms with Crippen molar-refractivity contribution in [2.75, 3.05) is 6.61 Å². The molecule has 0 radical (unpaired) electrons. The topological polar surface area (TPSA) is 27.7 Å². The van der Waals surface area contributed by atoms with Crippen LogP contribution in [-0.4, -0.2) is 32.9 Å². The average molecular weight is 327 g/mol. The van der Waals surface area contributed by atoms with Crippen LogP contribution in [0.25, 0.3) is 0 Å². The van der Waals surface area contributed by atoms with Gasteiger partial charge in [-0.1, -0.05) is 34.6 Å². The first-order valence-corrected chi connectivity index (χ1v) is 11.1. The van der Waals surface area contributed by atoms with E-state index in [9.17, 15) is 0 Å². The number of hydrogen-bond acceptors (Lipinski definition) is 3. The lowest BCUT2D eigenvalue weighted by atomic mass is 9.83. The third kappa shape index (κ3) is 4.58. The van der Waals surface area contributed by atoms with Crippen LogP contribution in [0.15, 0.2) is 0 Å². The van der Waals surface area contributed by atoms with Crippen molar-refractivity contribution >= 4 is 8.32 Å². The van der Waals surface area contributed by atoms with Gasteiger partial charge in [-0.3, -0.25) is 0 Å². The second-order valence-electron chi connectivity index (χ2n) is 9.04. The maximum Gasteiger partial charge on any atom is 0.192 e. The first-order chi connectivity index (χ1) is 9.72. The molecule has 1 fully saturated rings. The van der Waals surface area contributed by atoms with E-state index in [0.717, 1.165) is 0 Å². The molecule has 1 rings (SSSR count). The van der Waals surface area contributed by atoms with E-state index in [2.05, 4.69) is 53.6 Å². The molecule has 1 aliphatic rings. The van der Waals surface area contributed by atoms with Gasteiger partial charge in [0.25, 0.3) is 0 Å². The summed E-state index contributed by atoms with van der Waals surface area (Å²) in [5, 5.41) is 0.202. The van der Waals surface area contributed by atoms with Gasteiger partial charge in [-0.15, -0.1) is 12.3 Å². The Kier molecular flexibility index (Phi) is 5.62. The smallest absolute Gasteiger partial charge is 0.192 e. The van der Waals surface area contributed by atoms with Crippen LogP contribution in [0.3, 0.4) is 0 Å². The van der Waals surface area contributed by atoms with Gasteiger partial charge < -0.3 is 13.9 Å². The van der Waals surface area contributed by atoms with Gasteiger partial charge in [0, 0.05) is 18.4 Å². The monoisotopic (exact) mass is 326 g/mol. The third-order valence-corrected chi connectivity index (χ3v) is 9.36. The summed E-state index contributed by atoms with van der Waals surface area (Å²) in [6.45, 7) is 20.2. The summed E-state index contributed by atoms with van der Waals surface area (Å²) in [5.41, 5.74) is -0.148. The molecule has 0 bridgehead atoms. The fourth-order valence-corrected chi connectivity index (χ4v) is 3.59. The molecule has 2 atom stereocenters. The van der Waals surface area contributed by atoms with Gasteiger partial charge in [-0.25, -0.2) is 0 Å². The Bertz CT molecular complexity index is 427. The molecular formula is C18H34O3Si. The Morgan fingerprint density at radius 2 is 1.68 bits per heavy atom. The Morgan fingerprint density at radius 1 is 1.14 bits per heavy atom. The lowest BCUT2D eigenvalue weighted by Gasteiger charge is -2.41. The zero-order chi connectivity index (χ0) is 17.4. The SMILES string of the molecule is C#CC[C@@H]1OC(C)(C)O[C@@H]1C(C)(C)CO[Si](C)(C)C(C)(C)C. The zero-order valence-corrected chi connectivity index (χ0v) is 16.9. The molecule has 1 heterocycles. The fraction of sp³-hybridized carbons (Fsp3) is 0.889. The maximum absolute atomic E-state index is 6.42. The Hall–Kier alpha value is -0.343. The van der Waals surface area contributed by atoms with E-state index in [4.69, 9.17) is 20.3 Å². The van der Waals surface area contributed by atoms with E-state index in [1.165, 1.54) is 0 Å². The highest BCUT2D eigenvalue weighted by atomic mass is 28.4. The zero-order valence-electron chi connectivity index (χ0n) is 15.9. The summed E-state index contributed by atoms with van der Waals surface area (Å²) >= 11 is 0. The normalized spacial score (nSPS) is 26.0. The van der Waals surface area contributed by atoms with Crippen molar-refractivity contribution < 1.29 is 13.9 Å². The molecule has 0 saturated carbocycles. The second-order valence-corrected chi connectivity index (χ2v) is 13.8. The highest BCUT2D eigenvalue weighted by Gasteiger charge is 2.49. The largest absolute Gasteiger partial charge is 0.416 e. The minimum atomic E-state index is -1.78. The second kappa shape index (κ2) is 6.28. The van der Waals surface area contributed by atoms with Crippen molar-refractivity contribution in [1.29, 1.82) is 0 Å². The van der Waals surface area contributed by atoms with Crippen molar-refractivity contribution in [1.82, 2.24) is 0 Å². The van der Waals surface area contributed by atoms with E-state index in [1.807, 2.05) is 13.8 Å². The Labute approximate surface area is 138 Å². The number of hydrogen-bond donors (Lipinski definition) is 0. The average Bonchev–Trinajstić information content (AvgIpc) is 2.62. The predicted octanol–water partition coefficient (Wildman–Crippen LogP) is 4.58. The fourth-order valence-electron chi connectivity index (χ4n) is 2.43. The molecule has 0 N–H and O–H groups in total. The van der Waals surface area contributed by atoms with Crippen LogP contribution in [0.4, 0.5) is 0 Å². The minimum absolute atomic E-state index is 0.0525. The molecule has 3 nitrogen and oxygen atoms in total. The van der Waals surface area contributed by atoms with Crippen molar-refractivity contribution in [2.45, 2.75) is 91.0 Å². The molecule has 1 saturated heterocycles.